The molecule has 2 rings (SSSR count). The van der Waals surface area contributed by atoms with E-state index in [0.717, 1.165) is 22.7 Å². The van der Waals surface area contributed by atoms with Gasteiger partial charge in [0, 0.05) is 24.4 Å². The molecule has 0 radical (unpaired) electrons. The number of aliphatic imine (C=N–C) groups is 1. The van der Waals surface area contributed by atoms with Gasteiger partial charge in [0.05, 0.1) is 19.9 Å². The Labute approximate surface area is 107 Å². The van der Waals surface area contributed by atoms with Crippen molar-refractivity contribution in [1.29, 1.82) is 0 Å². The Morgan fingerprint density at radius 3 is 2.06 bits per heavy atom. The largest absolute Gasteiger partial charge is 0.497 e. The lowest BCUT2D eigenvalue weighted by Crippen LogP contribution is -1.86. The maximum Gasteiger partial charge on any atom is 0.124 e. The smallest absolute Gasteiger partial charge is 0.124 e. The van der Waals surface area contributed by atoms with Crippen LogP contribution in [-0.4, -0.2) is 20.4 Å². The average Bonchev–Trinajstić information content (AvgIpc) is 2.45. The second-order valence-electron chi connectivity index (χ2n) is 3.74. The molecule has 3 heteroatoms. The molecule has 0 saturated carbocycles. The molecule has 0 atom stereocenters. The fourth-order valence-corrected chi connectivity index (χ4v) is 1.56. The molecule has 0 fully saturated rings. The van der Waals surface area contributed by atoms with E-state index in [-0.39, 0.29) is 0 Å². The predicted molar refractivity (Wildman–Crippen MR) is 73.2 cm³/mol. The van der Waals surface area contributed by atoms with Crippen LogP contribution in [0.5, 0.6) is 11.5 Å². The molecule has 3 nitrogen and oxygen atoms in total. The lowest BCUT2D eigenvalue weighted by molar-refractivity contribution is 0.394. The summed E-state index contributed by atoms with van der Waals surface area (Å²) in [7, 11) is 3.25. The van der Waals surface area contributed by atoms with Gasteiger partial charge in [-0.2, -0.15) is 0 Å². The fourth-order valence-electron chi connectivity index (χ4n) is 1.56. The Kier molecular flexibility index (Phi) is 3.97. The van der Waals surface area contributed by atoms with Crippen LogP contribution in [0.1, 0.15) is 5.56 Å². The quantitative estimate of drug-likeness (QED) is 0.767. The number of benzene rings is 2. The molecule has 0 unspecified atom stereocenters. The Balaban J connectivity index is 2.25. The van der Waals surface area contributed by atoms with Crippen LogP contribution in [0.25, 0.3) is 0 Å². The lowest BCUT2D eigenvalue weighted by atomic mass is 10.2. The van der Waals surface area contributed by atoms with Gasteiger partial charge in [-0.1, -0.05) is 30.3 Å². The molecule has 0 aliphatic heterocycles. The molecule has 0 aliphatic rings. The summed E-state index contributed by atoms with van der Waals surface area (Å²) in [5, 5.41) is 0. The van der Waals surface area contributed by atoms with Crippen LogP contribution < -0.4 is 9.47 Å². The van der Waals surface area contributed by atoms with E-state index >= 15 is 0 Å². The summed E-state index contributed by atoms with van der Waals surface area (Å²) in [4.78, 5) is 4.41. The summed E-state index contributed by atoms with van der Waals surface area (Å²) in [6.45, 7) is 0. The van der Waals surface area contributed by atoms with Crippen molar-refractivity contribution in [3.05, 3.63) is 54.1 Å². The Hall–Kier alpha value is -2.29. The minimum Gasteiger partial charge on any atom is -0.497 e. The lowest BCUT2D eigenvalue weighted by Gasteiger charge is -2.05. The maximum absolute atomic E-state index is 5.20. The first kappa shape index (κ1) is 12.2. The molecule has 0 heterocycles. The molecule has 2 aromatic carbocycles. The first-order chi connectivity index (χ1) is 8.81. The molecule has 0 aromatic heterocycles. The van der Waals surface area contributed by atoms with Crippen LogP contribution in [0.2, 0.25) is 0 Å². The minimum absolute atomic E-state index is 0.731. The van der Waals surface area contributed by atoms with Crippen molar-refractivity contribution in [2.45, 2.75) is 0 Å². The Bertz CT molecular complexity index is 513. The van der Waals surface area contributed by atoms with Crippen LogP contribution in [-0.2, 0) is 0 Å². The highest BCUT2D eigenvalue weighted by Gasteiger charge is 1.99. The summed E-state index contributed by atoms with van der Waals surface area (Å²) in [6.07, 6.45) is 1.81. The van der Waals surface area contributed by atoms with Gasteiger partial charge in [-0.15, -0.1) is 0 Å². The summed E-state index contributed by atoms with van der Waals surface area (Å²) in [5.74, 6) is 1.46. The van der Waals surface area contributed by atoms with Gasteiger partial charge in [0.25, 0.3) is 0 Å². The second kappa shape index (κ2) is 5.87. The van der Waals surface area contributed by atoms with Gasteiger partial charge in [0.15, 0.2) is 0 Å². The van der Waals surface area contributed by atoms with Crippen LogP contribution in [0.4, 0.5) is 5.69 Å². The first-order valence-corrected chi connectivity index (χ1v) is 5.64. The van der Waals surface area contributed by atoms with E-state index in [1.807, 2.05) is 54.7 Å². The zero-order valence-electron chi connectivity index (χ0n) is 10.5. The van der Waals surface area contributed by atoms with Crippen molar-refractivity contribution in [3.63, 3.8) is 0 Å². The minimum atomic E-state index is 0.731. The van der Waals surface area contributed by atoms with Gasteiger partial charge >= 0.3 is 0 Å². The molecule has 0 amide bonds. The van der Waals surface area contributed by atoms with Gasteiger partial charge in [-0.3, -0.25) is 4.99 Å². The Morgan fingerprint density at radius 1 is 0.889 bits per heavy atom. The van der Waals surface area contributed by atoms with Crippen LogP contribution in [0.3, 0.4) is 0 Å². The van der Waals surface area contributed by atoms with Gasteiger partial charge in [0.2, 0.25) is 0 Å². The van der Waals surface area contributed by atoms with E-state index in [4.69, 9.17) is 9.47 Å². The normalized spacial score (nSPS) is 10.6. The number of ether oxygens (including phenoxy) is 2. The molecular weight excluding hydrogens is 226 g/mol. The van der Waals surface area contributed by atoms with Crippen molar-refractivity contribution in [3.8, 4) is 11.5 Å². The zero-order chi connectivity index (χ0) is 12.8. The van der Waals surface area contributed by atoms with Crippen molar-refractivity contribution >= 4 is 11.9 Å². The van der Waals surface area contributed by atoms with Crippen LogP contribution in [0, 0.1) is 0 Å². The third-order valence-corrected chi connectivity index (χ3v) is 2.50. The summed E-state index contributed by atoms with van der Waals surface area (Å²) in [6, 6.07) is 15.5. The fraction of sp³-hybridized carbons (Fsp3) is 0.133. The van der Waals surface area contributed by atoms with Crippen LogP contribution >= 0.6 is 0 Å². The van der Waals surface area contributed by atoms with E-state index in [0.29, 0.717) is 0 Å². The molecule has 0 spiro atoms. The van der Waals surface area contributed by atoms with E-state index in [9.17, 15) is 0 Å². The predicted octanol–water partition coefficient (Wildman–Crippen LogP) is 3.45. The molecule has 2 aromatic rings. The number of methoxy groups -OCH3 is 2. The van der Waals surface area contributed by atoms with Crippen LogP contribution in [0.15, 0.2) is 53.5 Å². The molecule has 0 bridgehead atoms. The first-order valence-electron chi connectivity index (χ1n) is 5.64. The molecule has 0 aliphatic carbocycles. The van der Waals surface area contributed by atoms with Crippen molar-refractivity contribution in [1.82, 2.24) is 0 Å². The number of hydrogen-bond acceptors (Lipinski definition) is 3. The third kappa shape index (κ3) is 3.10. The highest BCUT2D eigenvalue weighted by molar-refractivity contribution is 5.82. The molecule has 92 valence electrons. The average molecular weight is 241 g/mol. The SMILES string of the molecule is COc1cc(/N=C/c2ccccc2)cc(OC)c1. The zero-order valence-corrected chi connectivity index (χ0v) is 10.5. The van der Waals surface area contributed by atoms with Crippen molar-refractivity contribution in [2.75, 3.05) is 14.2 Å². The van der Waals surface area contributed by atoms with E-state index in [2.05, 4.69) is 4.99 Å². The van der Waals surface area contributed by atoms with Gasteiger partial charge in [-0.25, -0.2) is 0 Å². The Morgan fingerprint density at radius 2 is 1.50 bits per heavy atom. The highest BCUT2D eigenvalue weighted by atomic mass is 16.5. The third-order valence-electron chi connectivity index (χ3n) is 2.50. The molecule has 0 saturated heterocycles. The van der Waals surface area contributed by atoms with E-state index in [1.165, 1.54) is 0 Å². The maximum atomic E-state index is 5.20. The van der Waals surface area contributed by atoms with E-state index in [1.54, 1.807) is 14.2 Å². The number of nitrogens with zero attached hydrogens (tertiary/aromatic N) is 1. The monoisotopic (exact) mass is 241 g/mol. The standard InChI is InChI=1S/C15H15NO2/c1-17-14-8-13(9-15(10-14)18-2)16-11-12-6-4-3-5-7-12/h3-11H,1-2H3/b16-11+. The molecule has 18 heavy (non-hydrogen) atoms. The summed E-state index contributed by atoms with van der Waals surface area (Å²) >= 11 is 0. The number of rotatable bonds is 4. The van der Waals surface area contributed by atoms with Gasteiger partial charge < -0.3 is 9.47 Å². The van der Waals surface area contributed by atoms with Gasteiger partial charge in [0.1, 0.15) is 11.5 Å². The van der Waals surface area contributed by atoms with E-state index < -0.39 is 0 Å². The summed E-state index contributed by atoms with van der Waals surface area (Å²) < 4.78 is 10.4. The second-order valence-corrected chi connectivity index (χ2v) is 3.74. The highest BCUT2D eigenvalue weighted by Crippen LogP contribution is 2.27. The van der Waals surface area contributed by atoms with Gasteiger partial charge in [-0.05, 0) is 5.56 Å². The van der Waals surface area contributed by atoms with Crippen molar-refractivity contribution in [2.24, 2.45) is 4.99 Å². The number of hydrogen-bond donors (Lipinski definition) is 0. The summed E-state index contributed by atoms with van der Waals surface area (Å²) in [5.41, 5.74) is 1.86. The molecule has 0 N–H and O–H groups in total. The topological polar surface area (TPSA) is 30.8 Å². The van der Waals surface area contributed by atoms with Crippen molar-refractivity contribution < 1.29 is 9.47 Å². The molecular formula is C15H15NO2.